The van der Waals surface area contributed by atoms with Crippen LogP contribution in [0.15, 0.2) is 77.7 Å². The van der Waals surface area contributed by atoms with E-state index in [0.29, 0.717) is 17.0 Å². The number of amides is 2. The summed E-state index contributed by atoms with van der Waals surface area (Å²) in [6, 6.07) is 20.1. The molecule has 3 aromatic rings. The maximum absolute atomic E-state index is 12.8. The summed E-state index contributed by atoms with van der Waals surface area (Å²) in [6.45, 7) is 1.95. The molecule has 9 heteroatoms. The summed E-state index contributed by atoms with van der Waals surface area (Å²) >= 11 is 0. The first kappa shape index (κ1) is 24.8. The number of nitrogens with one attached hydrogen (secondary N) is 2. The molecule has 2 N–H and O–H groups in total. The first-order chi connectivity index (χ1) is 16.2. The second kappa shape index (κ2) is 10.8. The van der Waals surface area contributed by atoms with Gasteiger partial charge < -0.3 is 15.4 Å². The van der Waals surface area contributed by atoms with E-state index in [4.69, 9.17) is 4.74 Å². The molecule has 0 aliphatic heterocycles. The number of hydrogen-bond donors (Lipinski definition) is 2. The number of carbonyl (C=O) groups excluding carboxylic acids is 2. The van der Waals surface area contributed by atoms with Crippen molar-refractivity contribution in [1.82, 2.24) is 10.6 Å². The highest BCUT2D eigenvalue weighted by Crippen LogP contribution is 2.24. The fourth-order valence-corrected chi connectivity index (χ4v) is 4.32. The molecule has 3 aromatic carbocycles. The summed E-state index contributed by atoms with van der Waals surface area (Å²) in [6.07, 6.45) is 0. The lowest BCUT2D eigenvalue weighted by molar-refractivity contribution is -0.123. The van der Waals surface area contributed by atoms with Crippen molar-refractivity contribution in [2.45, 2.75) is 18.4 Å². The number of aryl methyl sites for hydroxylation is 1. The summed E-state index contributed by atoms with van der Waals surface area (Å²) in [5.74, 6) is -0.0904. The van der Waals surface area contributed by atoms with Crippen LogP contribution in [0.1, 0.15) is 21.5 Å². The van der Waals surface area contributed by atoms with Gasteiger partial charge in [0.1, 0.15) is 5.75 Å². The van der Waals surface area contributed by atoms with Crippen LogP contribution in [0.25, 0.3) is 0 Å². The average Bonchev–Trinajstić information content (AvgIpc) is 2.86. The Morgan fingerprint density at radius 1 is 0.971 bits per heavy atom. The minimum Gasteiger partial charge on any atom is -0.484 e. The van der Waals surface area contributed by atoms with Gasteiger partial charge in [0, 0.05) is 26.2 Å². The second-order valence-electron chi connectivity index (χ2n) is 7.62. The van der Waals surface area contributed by atoms with E-state index < -0.39 is 10.0 Å². The number of ether oxygens (including phenoxy) is 1. The quantitative estimate of drug-likeness (QED) is 0.489. The third-order valence-electron chi connectivity index (χ3n) is 5.16. The van der Waals surface area contributed by atoms with Crippen LogP contribution in [0.3, 0.4) is 0 Å². The molecule has 34 heavy (non-hydrogen) atoms. The Hall–Kier alpha value is -3.85. The van der Waals surface area contributed by atoms with Gasteiger partial charge in [0.2, 0.25) is 0 Å². The lowest BCUT2D eigenvalue weighted by Gasteiger charge is -2.20. The average molecular weight is 482 g/mol. The molecule has 0 spiro atoms. The maximum atomic E-state index is 12.8. The first-order valence-corrected chi connectivity index (χ1v) is 12.0. The summed E-state index contributed by atoms with van der Waals surface area (Å²) in [7, 11) is -0.647. The van der Waals surface area contributed by atoms with Gasteiger partial charge in [-0.15, -0.1) is 0 Å². The highest BCUT2D eigenvalue weighted by molar-refractivity contribution is 7.92. The van der Waals surface area contributed by atoms with Gasteiger partial charge in [-0.2, -0.15) is 0 Å². The Kier molecular flexibility index (Phi) is 7.91. The normalized spacial score (nSPS) is 10.9. The van der Waals surface area contributed by atoms with E-state index in [2.05, 4.69) is 10.6 Å². The minimum atomic E-state index is -3.69. The molecule has 0 radical (unpaired) electrons. The number of rotatable bonds is 9. The molecular weight excluding hydrogens is 454 g/mol. The van der Waals surface area contributed by atoms with Crippen LogP contribution in [0.5, 0.6) is 5.75 Å². The molecule has 0 aromatic heterocycles. The number of hydrogen-bond acceptors (Lipinski definition) is 5. The SMILES string of the molecule is CNC(=O)c1cccc(CNC(=O)COc2ccc(N(C)S(=O)(=O)c3ccc(C)cc3)cc2)c1. The number of anilines is 1. The van der Waals surface area contributed by atoms with Gasteiger partial charge in [-0.3, -0.25) is 13.9 Å². The number of benzene rings is 3. The van der Waals surface area contributed by atoms with Crippen molar-refractivity contribution in [2.75, 3.05) is 25.0 Å². The molecule has 0 saturated carbocycles. The van der Waals surface area contributed by atoms with Crippen LogP contribution in [-0.4, -0.2) is 40.9 Å². The second-order valence-corrected chi connectivity index (χ2v) is 9.59. The smallest absolute Gasteiger partial charge is 0.264 e. The highest BCUT2D eigenvalue weighted by atomic mass is 32.2. The molecule has 0 bridgehead atoms. The zero-order chi connectivity index (χ0) is 24.7. The molecule has 0 aliphatic rings. The van der Waals surface area contributed by atoms with Gasteiger partial charge in [0.15, 0.2) is 6.61 Å². The Morgan fingerprint density at radius 3 is 2.29 bits per heavy atom. The molecule has 0 atom stereocenters. The van der Waals surface area contributed by atoms with Crippen molar-refractivity contribution in [3.63, 3.8) is 0 Å². The van der Waals surface area contributed by atoms with E-state index in [-0.39, 0.29) is 29.9 Å². The summed E-state index contributed by atoms with van der Waals surface area (Å²) in [5.41, 5.74) is 2.74. The van der Waals surface area contributed by atoms with E-state index >= 15 is 0 Å². The molecule has 8 nitrogen and oxygen atoms in total. The fraction of sp³-hybridized carbons (Fsp3) is 0.200. The Balaban J connectivity index is 1.54. The molecule has 0 fully saturated rings. The molecule has 178 valence electrons. The van der Waals surface area contributed by atoms with Gasteiger partial charge in [0.05, 0.1) is 10.6 Å². The number of carbonyl (C=O) groups is 2. The lowest BCUT2D eigenvalue weighted by Crippen LogP contribution is -2.28. The Bertz CT molecular complexity index is 1260. The molecule has 0 saturated heterocycles. The van der Waals surface area contributed by atoms with Crippen molar-refractivity contribution in [1.29, 1.82) is 0 Å². The standard InChI is InChI=1S/C25H27N3O5S/c1-18-7-13-23(14-8-18)34(31,32)28(3)21-9-11-22(12-10-21)33-17-24(29)27-16-19-5-4-6-20(15-19)25(30)26-2/h4-15H,16-17H2,1-3H3,(H,26,30)(H,27,29). The van der Waals surface area contributed by atoms with Gasteiger partial charge >= 0.3 is 0 Å². The van der Waals surface area contributed by atoms with E-state index in [1.807, 2.05) is 13.0 Å². The monoisotopic (exact) mass is 481 g/mol. The minimum absolute atomic E-state index is 0.197. The van der Waals surface area contributed by atoms with E-state index in [1.54, 1.807) is 73.8 Å². The third kappa shape index (κ3) is 6.14. The van der Waals surface area contributed by atoms with Gasteiger partial charge in [0.25, 0.3) is 21.8 Å². The van der Waals surface area contributed by atoms with Gasteiger partial charge in [-0.25, -0.2) is 8.42 Å². The van der Waals surface area contributed by atoms with E-state index in [9.17, 15) is 18.0 Å². The van der Waals surface area contributed by atoms with Crippen molar-refractivity contribution in [3.8, 4) is 5.75 Å². The summed E-state index contributed by atoms with van der Waals surface area (Å²) in [5, 5.41) is 5.30. The number of sulfonamides is 1. The molecule has 0 heterocycles. The van der Waals surface area contributed by atoms with Crippen LogP contribution in [0.2, 0.25) is 0 Å². The van der Waals surface area contributed by atoms with Crippen LogP contribution in [0, 0.1) is 6.92 Å². The summed E-state index contributed by atoms with van der Waals surface area (Å²) in [4.78, 5) is 24.1. The predicted molar refractivity (Wildman–Crippen MR) is 130 cm³/mol. The molecule has 2 amide bonds. The largest absolute Gasteiger partial charge is 0.484 e. The molecule has 0 aliphatic carbocycles. The Morgan fingerprint density at radius 2 is 1.65 bits per heavy atom. The first-order valence-electron chi connectivity index (χ1n) is 10.6. The predicted octanol–water partition coefficient (Wildman–Crippen LogP) is 2.87. The molecular formula is C25H27N3O5S. The molecule has 3 rings (SSSR count). The van der Waals surface area contributed by atoms with Crippen molar-refractivity contribution in [3.05, 3.63) is 89.5 Å². The van der Waals surface area contributed by atoms with Crippen molar-refractivity contribution >= 4 is 27.5 Å². The third-order valence-corrected chi connectivity index (χ3v) is 6.96. The zero-order valence-electron chi connectivity index (χ0n) is 19.2. The lowest BCUT2D eigenvalue weighted by atomic mass is 10.1. The topological polar surface area (TPSA) is 105 Å². The fourth-order valence-electron chi connectivity index (χ4n) is 3.13. The highest BCUT2D eigenvalue weighted by Gasteiger charge is 2.21. The number of nitrogens with zero attached hydrogens (tertiary/aromatic N) is 1. The summed E-state index contributed by atoms with van der Waals surface area (Å²) < 4.78 is 32.4. The van der Waals surface area contributed by atoms with Gasteiger partial charge in [-0.1, -0.05) is 29.8 Å². The maximum Gasteiger partial charge on any atom is 0.264 e. The van der Waals surface area contributed by atoms with Crippen molar-refractivity contribution < 1.29 is 22.7 Å². The van der Waals surface area contributed by atoms with Crippen LogP contribution < -0.4 is 19.7 Å². The van der Waals surface area contributed by atoms with Crippen LogP contribution >= 0.6 is 0 Å². The molecule has 0 unspecified atom stereocenters. The van der Waals surface area contributed by atoms with E-state index in [0.717, 1.165) is 11.1 Å². The zero-order valence-corrected chi connectivity index (χ0v) is 20.1. The Labute approximate surface area is 199 Å². The van der Waals surface area contributed by atoms with E-state index in [1.165, 1.54) is 11.4 Å². The van der Waals surface area contributed by atoms with Crippen LogP contribution in [0.4, 0.5) is 5.69 Å². The van der Waals surface area contributed by atoms with Crippen LogP contribution in [-0.2, 0) is 21.4 Å². The van der Waals surface area contributed by atoms with Crippen molar-refractivity contribution in [2.24, 2.45) is 0 Å². The van der Waals surface area contributed by atoms with Gasteiger partial charge in [-0.05, 0) is 61.0 Å².